The Morgan fingerprint density at radius 3 is 2.42 bits per heavy atom. The number of benzene rings is 2. The van der Waals surface area contributed by atoms with Crippen molar-refractivity contribution < 1.29 is 9.59 Å². The van der Waals surface area contributed by atoms with Crippen LogP contribution in [0.2, 0.25) is 0 Å². The van der Waals surface area contributed by atoms with Crippen LogP contribution in [0.25, 0.3) is 0 Å². The molecule has 0 bridgehead atoms. The maximum absolute atomic E-state index is 12.2. The van der Waals surface area contributed by atoms with E-state index in [0.717, 1.165) is 16.9 Å². The van der Waals surface area contributed by atoms with Crippen LogP contribution in [0.1, 0.15) is 18.9 Å². The Morgan fingerprint density at radius 1 is 1.00 bits per heavy atom. The smallest absolute Gasteiger partial charge is 0.224 e. The van der Waals surface area contributed by atoms with Gasteiger partial charge in [0, 0.05) is 44.9 Å². The summed E-state index contributed by atoms with van der Waals surface area (Å²) in [6, 6.07) is 17.4. The minimum atomic E-state index is -0.107. The minimum Gasteiger partial charge on any atom is -0.384 e. The van der Waals surface area contributed by atoms with Crippen molar-refractivity contribution in [2.75, 3.05) is 24.2 Å². The predicted molar refractivity (Wildman–Crippen MR) is 96.8 cm³/mol. The molecule has 2 rings (SSSR count). The second-order valence-electron chi connectivity index (χ2n) is 5.67. The molecule has 0 radical (unpaired) electrons. The van der Waals surface area contributed by atoms with Gasteiger partial charge in [0.25, 0.3) is 0 Å². The second-order valence-corrected chi connectivity index (χ2v) is 5.67. The van der Waals surface area contributed by atoms with Crippen molar-refractivity contribution in [1.29, 1.82) is 0 Å². The van der Waals surface area contributed by atoms with Crippen LogP contribution in [0.3, 0.4) is 0 Å². The lowest BCUT2D eigenvalue weighted by atomic mass is 10.2. The molecule has 2 amide bonds. The Kier molecular flexibility index (Phi) is 6.37. The van der Waals surface area contributed by atoms with Gasteiger partial charge < -0.3 is 15.5 Å². The fourth-order valence-corrected chi connectivity index (χ4v) is 2.36. The zero-order valence-corrected chi connectivity index (χ0v) is 14.1. The minimum absolute atomic E-state index is 0.0874. The van der Waals surface area contributed by atoms with E-state index in [9.17, 15) is 9.59 Å². The number of amides is 2. The maximum Gasteiger partial charge on any atom is 0.224 e. The molecule has 0 fully saturated rings. The van der Waals surface area contributed by atoms with Crippen molar-refractivity contribution >= 4 is 23.2 Å². The monoisotopic (exact) mass is 325 g/mol. The highest BCUT2D eigenvalue weighted by Gasteiger charge is 2.08. The van der Waals surface area contributed by atoms with Gasteiger partial charge in [0.15, 0.2) is 0 Å². The van der Waals surface area contributed by atoms with Crippen molar-refractivity contribution in [2.45, 2.75) is 19.9 Å². The van der Waals surface area contributed by atoms with E-state index in [1.807, 2.05) is 61.6 Å². The van der Waals surface area contributed by atoms with Gasteiger partial charge in [0.2, 0.25) is 11.8 Å². The number of carbonyl (C=O) groups is 2. The molecule has 5 heteroatoms. The molecule has 0 aliphatic rings. The highest BCUT2D eigenvalue weighted by Crippen LogP contribution is 2.15. The maximum atomic E-state index is 12.2. The van der Waals surface area contributed by atoms with Gasteiger partial charge in [-0.25, -0.2) is 0 Å². The molecule has 2 aromatic carbocycles. The van der Waals surface area contributed by atoms with E-state index in [0.29, 0.717) is 19.5 Å². The van der Waals surface area contributed by atoms with Crippen LogP contribution in [0.4, 0.5) is 11.4 Å². The Balaban J connectivity index is 1.79. The molecule has 0 aliphatic carbocycles. The molecule has 0 saturated carbocycles. The zero-order chi connectivity index (χ0) is 17.4. The van der Waals surface area contributed by atoms with Crippen molar-refractivity contribution in [3.05, 3.63) is 60.2 Å². The number of carbonyl (C=O) groups excluding carboxylic acids is 2. The SMILES string of the molecule is CC(=O)Nc1cccc(NCCC(=O)N(C)Cc2ccccc2)c1. The highest BCUT2D eigenvalue weighted by atomic mass is 16.2. The summed E-state index contributed by atoms with van der Waals surface area (Å²) >= 11 is 0. The van der Waals surface area contributed by atoms with Crippen LogP contribution >= 0.6 is 0 Å². The Hall–Kier alpha value is -2.82. The summed E-state index contributed by atoms with van der Waals surface area (Å²) in [5.74, 6) is -0.0192. The van der Waals surface area contributed by atoms with Gasteiger partial charge in [-0.15, -0.1) is 0 Å². The Morgan fingerprint density at radius 2 is 1.71 bits per heavy atom. The zero-order valence-electron chi connectivity index (χ0n) is 14.1. The van der Waals surface area contributed by atoms with Gasteiger partial charge in [-0.2, -0.15) is 0 Å². The van der Waals surface area contributed by atoms with E-state index < -0.39 is 0 Å². The first-order chi connectivity index (χ1) is 11.5. The number of nitrogens with zero attached hydrogens (tertiary/aromatic N) is 1. The van der Waals surface area contributed by atoms with E-state index >= 15 is 0 Å². The lowest BCUT2D eigenvalue weighted by Gasteiger charge is -2.17. The van der Waals surface area contributed by atoms with Crippen molar-refractivity contribution in [3.8, 4) is 0 Å². The molecule has 24 heavy (non-hydrogen) atoms. The van der Waals surface area contributed by atoms with E-state index in [2.05, 4.69) is 10.6 Å². The van der Waals surface area contributed by atoms with Gasteiger partial charge in [0.1, 0.15) is 0 Å². The molecule has 0 atom stereocenters. The second kappa shape index (κ2) is 8.72. The summed E-state index contributed by atoms with van der Waals surface area (Å²) in [6.07, 6.45) is 0.410. The van der Waals surface area contributed by atoms with E-state index in [1.54, 1.807) is 4.90 Å². The molecular weight excluding hydrogens is 302 g/mol. The third-order valence-electron chi connectivity index (χ3n) is 3.54. The number of rotatable bonds is 7. The van der Waals surface area contributed by atoms with Crippen LogP contribution in [0, 0.1) is 0 Å². The summed E-state index contributed by atoms with van der Waals surface area (Å²) in [4.78, 5) is 25.0. The lowest BCUT2D eigenvalue weighted by molar-refractivity contribution is -0.130. The molecule has 5 nitrogen and oxygen atoms in total. The summed E-state index contributed by atoms with van der Waals surface area (Å²) in [7, 11) is 1.81. The quantitative estimate of drug-likeness (QED) is 0.822. The molecule has 0 unspecified atom stereocenters. The van der Waals surface area contributed by atoms with E-state index in [-0.39, 0.29) is 11.8 Å². The van der Waals surface area contributed by atoms with Gasteiger partial charge >= 0.3 is 0 Å². The van der Waals surface area contributed by atoms with Gasteiger partial charge in [-0.05, 0) is 23.8 Å². The van der Waals surface area contributed by atoms with Crippen molar-refractivity contribution in [1.82, 2.24) is 4.90 Å². The first kappa shape index (κ1) is 17.5. The molecule has 0 saturated heterocycles. The number of hydrogen-bond donors (Lipinski definition) is 2. The van der Waals surface area contributed by atoms with Gasteiger partial charge in [0.05, 0.1) is 0 Å². The molecule has 0 spiro atoms. The standard InChI is InChI=1S/C19H23N3O2/c1-15(23)21-18-10-6-9-17(13-18)20-12-11-19(24)22(2)14-16-7-4-3-5-8-16/h3-10,13,20H,11-12,14H2,1-2H3,(H,21,23). The average Bonchev–Trinajstić information content (AvgIpc) is 2.55. The fourth-order valence-electron chi connectivity index (χ4n) is 2.36. The summed E-state index contributed by atoms with van der Waals surface area (Å²) in [5.41, 5.74) is 2.73. The predicted octanol–water partition coefficient (Wildman–Crippen LogP) is 3.11. The van der Waals surface area contributed by atoms with Crippen LogP contribution in [-0.4, -0.2) is 30.3 Å². The average molecular weight is 325 g/mol. The first-order valence-electron chi connectivity index (χ1n) is 7.94. The van der Waals surface area contributed by atoms with Crippen molar-refractivity contribution in [3.63, 3.8) is 0 Å². The first-order valence-corrected chi connectivity index (χ1v) is 7.94. The molecular formula is C19H23N3O2. The van der Waals surface area contributed by atoms with Crippen LogP contribution in [0.5, 0.6) is 0 Å². The summed E-state index contributed by atoms with van der Waals surface area (Å²) in [6.45, 7) is 2.63. The topological polar surface area (TPSA) is 61.4 Å². The normalized spacial score (nSPS) is 10.1. The number of hydrogen-bond acceptors (Lipinski definition) is 3. The molecule has 0 heterocycles. The van der Waals surface area contributed by atoms with Crippen LogP contribution in [0.15, 0.2) is 54.6 Å². The van der Waals surface area contributed by atoms with Crippen LogP contribution in [-0.2, 0) is 16.1 Å². The summed E-state index contributed by atoms with van der Waals surface area (Å²) < 4.78 is 0. The molecule has 2 N–H and O–H groups in total. The third kappa shape index (κ3) is 5.76. The van der Waals surface area contributed by atoms with Gasteiger partial charge in [-0.3, -0.25) is 9.59 Å². The Labute approximate surface area is 142 Å². The molecule has 0 aromatic heterocycles. The molecule has 126 valence electrons. The molecule has 0 aliphatic heterocycles. The highest BCUT2D eigenvalue weighted by molar-refractivity contribution is 5.89. The summed E-state index contributed by atoms with van der Waals surface area (Å²) in [5, 5.41) is 5.94. The number of nitrogens with one attached hydrogen (secondary N) is 2. The number of anilines is 2. The van der Waals surface area contributed by atoms with Gasteiger partial charge in [-0.1, -0.05) is 36.4 Å². The van der Waals surface area contributed by atoms with Crippen molar-refractivity contribution in [2.24, 2.45) is 0 Å². The third-order valence-corrected chi connectivity index (χ3v) is 3.54. The fraction of sp³-hybridized carbons (Fsp3) is 0.263. The largest absolute Gasteiger partial charge is 0.384 e. The lowest BCUT2D eigenvalue weighted by Crippen LogP contribution is -2.27. The van der Waals surface area contributed by atoms with Crippen LogP contribution < -0.4 is 10.6 Å². The van der Waals surface area contributed by atoms with E-state index in [1.165, 1.54) is 6.92 Å². The van der Waals surface area contributed by atoms with E-state index in [4.69, 9.17) is 0 Å². The molecule has 2 aromatic rings. The Bertz CT molecular complexity index is 686.